The van der Waals surface area contributed by atoms with Crippen molar-refractivity contribution in [3.05, 3.63) is 30.3 Å². The van der Waals surface area contributed by atoms with Crippen molar-refractivity contribution >= 4 is 21.9 Å². The summed E-state index contributed by atoms with van der Waals surface area (Å²) < 4.78 is 30.8. The largest absolute Gasteiger partial charge is 0.469 e. The van der Waals surface area contributed by atoms with Gasteiger partial charge in [-0.05, 0) is 12.1 Å². The summed E-state index contributed by atoms with van der Waals surface area (Å²) in [5.74, 6) is -1.13. The van der Waals surface area contributed by atoms with Gasteiger partial charge in [0, 0.05) is 13.1 Å². The van der Waals surface area contributed by atoms with Crippen molar-refractivity contribution in [1.29, 1.82) is 0 Å². The maximum Gasteiger partial charge on any atom is 0.307 e. The average molecular weight is 312 g/mol. The quantitative estimate of drug-likeness (QED) is 0.773. The number of hydrogen-bond donors (Lipinski definition) is 1. The number of methoxy groups -OCH3 is 1. The van der Waals surface area contributed by atoms with Crippen molar-refractivity contribution in [2.24, 2.45) is 0 Å². The predicted octanol–water partition coefficient (Wildman–Crippen LogP) is -0.261. The van der Waals surface area contributed by atoms with Crippen LogP contribution in [0.15, 0.2) is 35.2 Å². The molecule has 0 unspecified atom stereocenters. The summed E-state index contributed by atoms with van der Waals surface area (Å²) in [5, 5.41) is 2.56. The highest BCUT2D eigenvalue weighted by molar-refractivity contribution is 7.89. The molecule has 1 aromatic carbocycles. The molecule has 1 N–H and O–H groups in total. The topological polar surface area (TPSA) is 92.8 Å². The van der Waals surface area contributed by atoms with Gasteiger partial charge in [-0.25, -0.2) is 8.42 Å². The summed E-state index contributed by atoms with van der Waals surface area (Å²) in [4.78, 5) is 23.4. The van der Waals surface area contributed by atoms with Gasteiger partial charge in [-0.15, -0.1) is 0 Å². The Morgan fingerprint density at radius 3 is 2.67 bits per heavy atom. The molecule has 1 fully saturated rings. The minimum Gasteiger partial charge on any atom is -0.469 e. The van der Waals surface area contributed by atoms with Crippen LogP contribution in [0.4, 0.5) is 0 Å². The third-order valence-corrected chi connectivity index (χ3v) is 5.14. The van der Waals surface area contributed by atoms with E-state index in [0.717, 1.165) is 4.31 Å². The molecule has 1 aromatic rings. The van der Waals surface area contributed by atoms with E-state index in [2.05, 4.69) is 10.1 Å². The number of hydrogen-bond acceptors (Lipinski definition) is 5. The van der Waals surface area contributed by atoms with Crippen molar-refractivity contribution in [3.8, 4) is 0 Å². The molecular weight excluding hydrogens is 296 g/mol. The Morgan fingerprint density at radius 2 is 2.05 bits per heavy atom. The lowest BCUT2D eigenvalue weighted by atomic mass is 10.1. The van der Waals surface area contributed by atoms with Gasteiger partial charge in [0.2, 0.25) is 15.9 Å². The van der Waals surface area contributed by atoms with Crippen LogP contribution < -0.4 is 5.32 Å². The fourth-order valence-electron chi connectivity index (χ4n) is 2.14. The lowest BCUT2D eigenvalue weighted by Gasteiger charge is -2.33. The Kier molecular flexibility index (Phi) is 4.59. The van der Waals surface area contributed by atoms with Gasteiger partial charge in [0.25, 0.3) is 0 Å². The van der Waals surface area contributed by atoms with E-state index in [4.69, 9.17) is 0 Å². The number of rotatable bonds is 4. The zero-order chi connectivity index (χ0) is 15.5. The first-order valence-electron chi connectivity index (χ1n) is 6.38. The number of piperazine rings is 1. The van der Waals surface area contributed by atoms with E-state index in [-0.39, 0.29) is 24.4 Å². The van der Waals surface area contributed by atoms with Crippen molar-refractivity contribution in [2.45, 2.75) is 17.4 Å². The number of benzene rings is 1. The summed E-state index contributed by atoms with van der Waals surface area (Å²) >= 11 is 0. The fourth-order valence-corrected chi connectivity index (χ4v) is 3.75. The lowest BCUT2D eigenvalue weighted by Crippen LogP contribution is -2.57. The van der Waals surface area contributed by atoms with E-state index in [1.54, 1.807) is 18.2 Å². The van der Waals surface area contributed by atoms with Crippen LogP contribution in [0.2, 0.25) is 0 Å². The average Bonchev–Trinajstić information content (AvgIpc) is 2.49. The summed E-state index contributed by atoms with van der Waals surface area (Å²) in [7, 11) is -2.64. The third kappa shape index (κ3) is 3.22. The van der Waals surface area contributed by atoms with Gasteiger partial charge < -0.3 is 10.1 Å². The van der Waals surface area contributed by atoms with Gasteiger partial charge in [-0.2, -0.15) is 4.31 Å². The van der Waals surface area contributed by atoms with E-state index in [1.807, 2.05) is 0 Å². The standard InChI is InChI=1S/C13H16N2O5S/c1-20-12(16)9-11-13(17)14-7-8-15(11)21(18,19)10-5-3-2-4-6-10/h2-6,11H,7-9H2,1H3,(H,14,17)/t11-/m1/s1. The summed E-state index contributed by atoms with van der Waals surface area (Å²) in [5.41, 5.74) is 0. The molecule has 8 heteroatoms. The number of carbonyl (C=O) groups is 2. The van der Waals surface area contributed by atoms with Crippen LogP contribution in [-0.2, 0) is 24.3 Å². The highest BCUT2D eigenvalue weighted by Crippen LogP contribution is 2.21. The molecule has 2 rings (SSSR count). The second kappa shape index (κ2) is 6.23. The van der Waals surface area contributed by atoms with Crippen LogP contribution in [0.25, 0.3) is 0 Å². The van der Waals surface area contributed by atoms with Crippen LogP contribution in [0.5, 0.6) is 0 Å². The molecule has 0 aromatic heterocycles. The predicted molar refractivity (Wildman–Crippen MR) is 73.8 cm³/mol. The van der Waals surface area contributed by atoms with Crippen LogP contribution >= 0.6 is 0 Å². The molecule has 1 atom stereocenters. The molecule has 1 amide bonds. The van der Waals surface area contributed by atoms with Crippen LogP contribution in [-0.4, -0.2) is 50.8 Å². The Labute approximate surface area is 122 Å². The van der Waals surface area contributed by atoms with E-state index in [9.17, 15) is 18.0 Å². The minimum atomic E-state index is -3.83. The molecule has 0 saturated carbocycles. The van der Waals surface area contributed by atoms with Gasteiger partial charge >= 0.3 is 5.97 Å². The first-order valence-corrected chi connectivity index (χ1v) is 7.82. The maximum atomic E-state index is 12.6. The number of ether oxygens (including phenoxy) is 1. The number of sulfonamides is 1. The minimum absolute atomic E-state index is 0.0922. The van der Waals surface area contributed by atoms with Gasteiger partial charge in [-0.3, -0.25) is 9.59 Å². The SMILES string of the molecule is COC(=O)C[C@@H]1C(=O)NCCN1S(=O)(=O)c1ccccc1. The Bertz CT molecular complexity index is 629. The Balaban J connectivity index is 2.34. The fraction of sp³-hybridized carbons (Fsp3) is 0.385. The van der Waals surface area contributed by atoms with Crippen LogP contribution in [0.1, 0.15) is 6.42 Å². The summed E-state index contributed by atoms with van der Waals surface area (Å²) in [6.07, 6.45) is -0.311. The zero-order valence-corrected chi connectivity index (χ0v) is 12.3. The number of nitrogens with one attached hydrogen (secondary N) is 1. The highest BCUT2D eigenvalue weighted by atomic mass is 32.2. The molecular formula is C13H16N2O5S. The number of carbonyl (C=O) groups excluding carboxylic acids is 2. The van der Waals surface area contributed by atoms with Crippen molar-refractivity contribution < 1.29 is 22.7 Å². The van der Waals surface area contributed by atoms with Crippen LogP contribution in [0, 0.1) is 0 Å². The number of nitrogens with zero attached hydrogens (tertiary/aromatic N) is 1. The normalized spacial score (nSPS) is 19.9. The van der Waals surface area contributed by atoms with E-state index in [0.29, 0.717) is 0 Å². The third-order valence-electron chi connectivity index (χ3n) is 3.22. The lowest BCUT2D eigenvalue weighted by molar-refractivity contribution is -0.144. The molecule has 7 nitrogen and oxygen atoms in total. The number of amides is 1. The molecule has 0 bridgehead atoms. The monoisotopic (exact) mass is 312 g/mol. The Morgan fingerprint density at radius 1 is 1.38 bits per heavy atom. The Hall–Kier alpha value is -1.93. The van der Waals surface area contributed by atoms with Gasteiger partial charge in [-0.1, -0.05) is 18.2 Å². The van der Waals surface area contributed by atoms with E-state index >= 15 is 0 Å². The second-order valence-electron chi connectivity index (χ2n) is 4.52. The van der Waals surface area contributed by atoms with Crippen LogP contribution in [0.3, 0.4) is 0 Å². The van der Waals surface area contributed by atoms with Crippen molar-refractivity contribution in [1.82, 2.24) is 9.62 Å². The first-order chi connectivity index (χ1) is 9.96. The molecule has 0 aliphatic carbocycles. The summed E-state index contributed by atoms with van der Waals surface area (Å²) in [6.45, 7) is 0.327. The maximum absolute atomic E-state index is 12.6. The smallest absolute Gasteiger partial charge is 0.307 e. The molecule has 1 saturated heterocycles. The second-order valence-corrected chi connectivity index (χ2v) is 6.41. The number of esters is 1. The van der Waals surface area contributed by atoms with E-state index in [1.165, 1.54) is 19.2 Å². The zero-order valence-electron chi connectivity index (χ0n) is 11.5. The molecule has 1 heterocycles. The van der Waals surface area contributed by atoms with E-state index < -0.39 is 27.9 Å². The molecule has 0 radical (unpaired) electrons. The van der Waals surface area contributed by atoms with Gasteiger partial charge in [0.1, 0.15) is 6.04 Å². The first kappa shape index (κ1) is 15.5. The van der Waals surface area contributed by atoms with Gasteiger partial charge in [0.05, 0.1) is 18.4 Å². The molecule has 114 valence electrons. The summed E-state index contributed by atoms with van der Waals surface area (Å²) in [6, 6.07) is 6.73. The molecule has 0 spiro atoms. The van der Waals surface area contributed by atoms with Gasteiger partial charge in [0.15, 0.2) is 0 Å². The molecule has 1 aliphatic heterocycles. The highest BCUT2D eigenvalue weighted by Gasteiger charge is 2.39. The molecule has 21 heavy (non-hydrogen) atoms. The molecule has 1 aliphatic rings. The van der Waals surface area contributed by atoms with Crippen molar-refractivity contribution in [2.75, 3.05) is 20.2 Å². The van der Waals surface area contributed by atoms with Crippen molar-refractivity contribution in [3.63, 3.8) is 0 Å².